The SMILES string of the molecule is COc1ccccc1[C@H](C)NC(=O)c1cccc(S(=O)(=O)N2CCCC2)c1. The molecule has 1 fully saturated rings. The number of benzene rings is 2. The molecule has 0 unspecified atom stereocenters. The highest BCUT2D eigenvalue weighted by Gasteiger charge is 2.27. The highest BCUT2D eigenvalue weighted by atomic mass is 32.2. The Labute approximate surface area is 160 Å². The molecule has 2 aromatic carbocycles. The number of nitrogens with one attached hydrogen (secondary N) is 1. The molecular weight excluding hydrogens is 364 g/mol. The largest absolute Gasteiger partial charge is 0.496 e. The van der Waals surface area contributed by atoms with Gasteiger partial charge in [0.1, 0.15) is 5.75 Å². The van der Waals surface area contributed by atoms with Crippen molar-refractivity contribution in [1.82, 2.24) is 9.62 Å². The van der Waals surface area contributed by atoms with Gasteiger partial charge in [-0.05, 0) is 44.0 Å². The highest BCUT2D eigenvalue weighted by Crippen LogP contribution is 2.25. The lowest BCUT2D eigenvalue weighted by molar-refractivity contribution is 0.0939. The van der Waals surface area contributed by atoms with Crippen LogP contribution in [-0.2, 0) is 10.0 Å². The van der Waals surface area contributed by atoms with Crippen LogP contribution in [0.5, 0.6) is 5.75 Å². The van der Waals surface area contributed by atoms with Crippen LogP contribution in [-0.4, -0.2) is 38.8 Å². The van der Waals surface area contributed by atoms with Crippen LogP contribution in [0.4, 0.5) is 0 Å². The van der Waals surface area contributed by atoms with Crippen molar-refractivity contribution in [3.05, 3.63) is 59.7 Å². The maximum Gasteiger partial charge on any atom is 0.251 e. The second-order valence-corrected chi connectivity index (χ2v) is 8.51. The smallest absolute Gasteiger partial charge is 0.251 e. The molecule has 0 aromatic heterocycles. The Hall–Kier alpha value is -2.38. The minimum Gasteiger partial charge on any atom is -0.496 e. The van der Waals surface area contributed by atoms with E-state index in [0.29, 0.717) is 24.4 Å². The van der Waals surface area contributed by atoms with E-state index in [2.05, 4.69) is 5.32 Å². The summed E-state index contributed by atoms with van der Waals surface area (Å²) in [5.74, 6) is 0.363. The lowest BCUT2D eigenvalue weighted by Gasteiger charge is -2.18. The number of nitrogens with zero attached hydrogens (tertiary/aromatic N) is 1. The molecule has 1 atom stereocenters. The van der Waals surface area contributed by atoms with Gasteiger partial charge in [-0.2, -0.15) is 4.31 Å². The Morgan fingerprint density at radius 1 is 1.11 bits per heavy atom. The van der Waals surface area contributed by atoms with E-state index in [0.717, 1.165) is 18.4 Å². The van der Waals surface area contributed by atoms with Crippen LogP contribution in [0.3, 0.4) is 0 Å². The van der Waals surface area contributed by atoms with Gasteiger partial charge in [-0.1, -0.05) is 24.3 Å². The van der Waals surface area contributed by atoms with Crippen molar-refractivity contribution in [3.63, 3.8) is 0 Å². The predicted octanol–water partition coefficient (Wildman–Crippen LogP) is 2.97. The third-order valence-corrected chi connectivity index (χ3v) is 6.65. The lowest BCUT2D eigenvalue weighted by atomic mass is 10.1. The molecule has 1 amide bonds. The van der Waals surface area contributed by atoms with Gasteiger partial charge in [0.25, 0.3) is 5.91 Å². The fourth-order valence-electron chi connectivity index (χ4n) is 3.26. The van der Waals surface area contributed by atoms with Crippen molar-refractivity contribution in [2.45, 2.75) is 30.7 Å². The molecule has 7 heteroatoms. The molecule has 1 aliphatic heterocycles. The molecule has 144 valence electrons. The van der Waals surface area contributed by atoms with Gasteiger partial charge in [-0.15, -0.1) is 0 Å². The van der Waals surface area contributed by atoms with Crippen molar-refractivity contribution in [3.8, 4) is 5.75 Å². The summed E-state index contributed by atoms with van der Waals surface area (Å²) in [4.78, 5) is 12.8. The van der Waals surface area contributed by atoms with Gasteiger partial charge < -0.3 is 10.1 Å². The van der Waals surface area contributed by atoms with Gasteiger partial charge in [-0.25, -0.2) is 8.42 Å². The fourth-order valence-corrected chi connectivity index (χ4v) is 4.82. The molecule has 6 nitrogen and oxygen atoms in total. The van der Waals surface area contributed by atoms with Gasteiger partial charge in [0.05, 0.1) is 18.0 Å². The lowest BCUT2D eigenvalue weighted by Crippen LogP contribution is -2.29. The normalized spacial score (nSPS) is 16.1. The summed E-state index contributed by atoms with van der Waals surface area (Å²) in [5.41, 5.74) is 1.17. The fraction of sp³-hybridized carbons (Fsp3) is 0.350. The number of amides is 1. The summed E-state index contributed by atoms with van der Waals surface area (Å²) in [7, 11) is -1.97. The Bertz CT molecular complexity index is 921. The standard InChI is InChI=1S/C20H24N2O4S/c1-15(18-10-3-4-11-19(18)26-2)21-20(23)16-8-7-9-17(14-16)27(24,25)22-12-5-6-13-22/h3-4,7-11,14-15H,5-6,12-13H2,1-2H3,(H,21,23)/t15-/m0/s1. The Morgan fingerprint density at radius 3 is 2.52 bits per heavy atom. The van der Waals surface area contributed by atoms with E-state index < -0.39 is 10.0 Å². The van der Waals surface area contributed by atoms with Crippen molar-refractivity contribution in [1.29, 1.82) is 0 Å². The van der Waals surface area contributed by atoms with Crippen molar-refractivity contribution >= 4 is 15.9 Å². The number of hydrogen-bond donors (Lipinski definition) is 1. The van der Waals surface area contributed by atoms with Crippen LogP contribution in [0, 0.1) is 0 Å². The third kappa shape index (κ3) is 4.14. The van der Waals surface area contributed by atoms with Crippen LogP contribution in [0.15, 0.2) is 53.4 Å². The van der Waals surface area contributed by atoms with Gasteiger partial charge in [0, 0.05) is 24.2 Å². The molecule has 1 aliphatic rings. The van der Waals surface area contributed by atoms with Crippen molar-refractivity contribution < 1.29 is 17.9 Å². The molecule has 27 heavy (non-hydrogen) atoms. The van der Waals surface area contributed by atoms with E-state index in [4.69, 9.17) is 4.74 Å². The Kier molecular flexibility index (Phi) is 5.82. The quantitative estimate of drug-likeness (QED) is 0.825. The van der Waals surface area contributed by atoms with Crippen LogP contribution in [0.2, 0.25) is 0 Å². The van der Waals surface area contributed by atoms with Crippen molar-refractivity contribution in [2.75, 3.05) is 20.2 Å². The highest BCUT2D eigenvalue weighted by molar-refractivity contribution is 7.89. The maximum absolute atomic E-state index is 12.7. The van der Waals surface area contributed by atoms with E-state index in [1.165, 1.54) is 16.4 Å². The van der Waals surface area contributed by atoms with Crippen LogP contribution in [0.1, 0.15) is 41.7 Å². The molecule has 0 spiro atoms. The molecule has 0 radical (unpaired) electrons. The molecule has 3 rings (SSSR count). The minimum atomic E-state index is -3.55. The molecule has 0 aliphatic carbocycles. The average molecular weight is 388 g/mol. The monoisotopic (exact) mass is 388 g/mol. The zero-order valence-corrected chi connectivity index (χ0v) is 16.3. The van der Waals surface area contributed by atoms with E-state index in [1.807, 2.05) is 31.2 Å². The molecule has 0 bridgehead atoms. The predicted molar refractivity (Wildman–Crippen MR) is 103 cm³/mol. The first-order valence-electron chi connectivity index (χ1n) is 8.97. The van der Waals surface area contributed by atoms with Gasteiger partial charge in [0.15, 0.2) is 0 Å². The maximum atomic E-state index is 12.7. The number of ether oxygens (including phenoxy) is 1. The van der Waals surface area contributed by atoms with E-state index >= 15 is 0 Å². The molecule has 2 aromatic rings. The first-order chi connectivity index (χ1) is 12.9. The number of rotatable bonds is 6. The first-order valence-corrected chi connectivity index (χ1v) is 10.4. The third-order valence-electron chi connectivity index (χ3n) is 4.75. The summed E-state index contributed by atoms with van der Waals surface area (Å²) in [6.07, 6.45) is 1.74. The van der Waals surface area contributed by atoms with Gasteiger partial charge in [0.2, 0.25) is 10.0 Å². The number of methoxy groups -OCH3 is 1. The van der Waals surface area contributed by atoms with E-state index in [-0.39, 0.29) is 16.8 Å². The molecule has 1 heterocycles. The van der Waals surface area contributed by atoms with Crippen molar-refractivity contribution in [2.24, 2.45) is 0 Å². The number of sulfonamides is 1. The van der Waals surface area contributed by atoms with E-state index in [9.17, 15) is 13.2 Å². The molecule has 0 saturated carbocycles. The Balaban J connectivity index is 1.79. The number of carbonyl (C=O) groups is 1. The van der Waals surface area contributed by atoms with E-state index in [1.54, 1.807) is 19.2 Å². The summed E-state index contributed by atoms with van der Waals surface area (Å²) in [6, 6.07) is 13.4. The van der Waals surface area contributed by atoms with Crippen LogP contribution >= 0.6 is 0 Å². The second-order valence-electron chi connectivity index (χ2n) is 6.58. The van der Waals surface area contributed by atoms with Crippen LogP contribution < -0.4 is 10.1 Å². The van der Waals surface area contributed by atoms with Gasteiger partial charge >= 0.3 is 0 Å². The summed E-state index contributed by atoms with van der Waals surface area (Å²) >= 11 is 0. The van der Waals surface area contributed by atoms with Crippen LogP contribution in [0.25, 0.3) is 0 Å². The molecule has 1 N–H and O–H groups in total. The first kappa shape index (κ1) is 19.4. The minimum absolute atomic E-state index is 0.155. The number of para-hydroxylation sites is 1. The average Bonchev–Trinajstić information content (AvgIpc) is 3.23. The summed E-state index contributed by atoms with van der Waals surface area (Å²) < 4.78 is 32.2. The topological polar surface area (TPSA) is 75.7 Å². The zero-order chi connectivity index (χ0) is 19.4. The second kappa shape index (κ2) is 8.10. The summed E-state index contributed by atoms with van der Waals surface area (Å²) in [6.45, 7) is 2.92. The zero-order valence-electron chi connectivity index (χ0n) is 15.5. The number of hydrogen-bond acceptors (Lipinski definition) is 4. The van der Waals surface area contributed by atoms with Gasteiger partial charge in [-0.3, -0.25) is 4.79 Å². The molecule has 1 saturated heterocycles. The summed E-state index contributed by atoms with van der Waals surface area (Å²) in [5, 5.41) is 2.91. The Morgan fingerprint density at radius 2 is 1.81 bits per heavy atom. The number of carbonyl (C=O) groups excluding carboxylic acids is 1. The molecular formula is C20H24N2O4S.